The summed E-state index contributed by atoms with van der Waals surface area (Å²) in [6, 6.07) is 0. The van der Waals surface area contributed by atoms with Crippen molar-refractivity contribution in [3.63, 3.8) is 0 Å². The minimum absolute atomic E-state index is 0.643. The molecule has 0 fully saturated rings. The maximum Gasteiger partial charge on any atom is 0.101 e. The molecule has 2 nitrogen and oxygen atoms in total. The fourth-order valence-corrected chi connectivity index (χ4v) is 5.48. The Morgan fingerprint density at radius 2 is 0.676 bits per heavy atom. The fourth-order valence-electron chi connectivity index (χ4n) is 5.48. The molecule has 0 aromatic heterocycles. The molecule has 0 N–H and O–H groups in total. The Bertz CT molecular complexity index is 433. The first-order chi connectivity index (χ1) is 16.8. The highest BCUT2D eigenvalue weighted by atomic mass is 15.4. The fraction of sp³-hybridized carbons (Fsp3) is 0.938. The number of hydrogen-bond acceptors (Lipinski definition) is 2. The Labute approximate surface area is 216 Å². The van der Waals surface area contributed by atoms with Crippen LogP contribution in [-0.4, -0.2) is 29.1 Å². The first-order valence-electron chi connectivity index (χ1n) is 16.0. The van der Waals surface area contributed by atoms with Gasteiger partial charge in [0.15, 0.2) is 0 Å². The first-order valence-corrected chi connectivity index (χ1v) is 16.0. The van der Waals surface area contributed by atoms with Crippen molar-refractivity contribution in [2.75, 3.05) is 13.1 Å². The highest BCUT2D eigenvalue weighted by Gasteiger charge is 2.24. The van der Waals surface area contributed by atoms with E-state index in [4.69, 9.17) is 0 Å². The van der Waals surface area contributed by atoms with Crippen LogP contribution in [0.15, 0.2) is 12.4 Å². The van der Waals surface area contributed by atoms with Gasteiger partial charge in [0.2, 0.25) is 0 Å². The second-order valence-corrected chi connectivity index (χ2v) is 11.1. The van der Waals surface area contributed by atoms with Crippen LogP contribution in [0.1, 0.15) is 175 Å². The zero-order chi connectivity index (χ0) is 24.5. The summed E-state index contributed by atoms with van der Waals surface area (Å²) in [4.78, 5) is 5.38. The molecule has 0 aliphatic carbocycles. The summed E-state index contributed by atoms with van der Waals surface area (Å²) in [5, 5.41) is 0. The molecule has 202 valence electrons. The highest BCUT2D eigenvalue weighted by Crippen LogP contribution is 2.24. The molecule has 0 saturated carbocycles. The third kappa shape index (κ3) is 16.9. The van der Waals surface area contributed by atoms with Crippen LogP contribution >= 0.6 is 0 Å². The Morgan fingerprint density at radius 3 is 1.03 bits per heavy atom. The normalized spacial score (nSPS) is 15.7. The zero-order valence-corrected chi connectivity index (χ0v) is 24.0. The second kappa shape index (κ2) is 24.1. The van der Waals surface area contributed by atoms with Crippen molar-refractivity contribution in [2.45, 2.75) is 181 Å². The monoisotopic (exact) mass is 477 g/mol. The predicted octanol–water partition coefficient (Wildman–Crippen LogP) is 10.8. The molecule has 1 aliphatic heterocycles. The molecule has 0 bridgehead atoms. The molecule has 0 spiro atoms. The molecule has 1 unspecified atom stereocenters. The van der Waals surface area contributed by atoms with E-state index in [0.717, 1.165) is 0 Å². The minimum Gasteiger partial charge on any atom is -0.356 e. The van der Waals surface area contributed by atoms with Crippen molar-refractivity contribution in [2.24, 2.45) is 0 Å². The Kier molecular flexibility index (Phi) is 22.2. The Hall–Kier alpha value is -0.660. The summed E-state index contributed by atoms with van der Waals surface area (Å²) in [5.41, 5.74) is 0. The van der Waals surface area contributed by atoms with E-state index in [2.05, 4.69) is 43.0 Å². The smallest absolute Gasteiger partial charge is 0.101 e. The molecule has 0 saturated heterocycles. The van der Waals surface area contributed by atoms with Gasteiger partial charge in [0.1, 0.15) is 6.17 Å². The SMILES string of the molecule is CCCCCCCCCCCCN1C=CN(CCCCCCCC)C1CCCCCCCCC. The van der Waals surface area contributed by atoms with Gasteiger partial charge in [-0.3, -0.25) is 0 Å². The van der Waals surface area contributed by atoms with E-state index in [9.17, 15) is 0 Å². The van der Waals surface area contributed by atoms with Gasteiger partial charge in [-0.1, -0.05) is 149 Å². The topological polar surface area (TPSA) is 6.48 Å². The van der Waals surface area contributed by atoms with Gasteiger partial charge in [-0.25, -0.2) is 0 Å². The predicted molar refractivity (Wildman–Crippen MR) is 154 cm³/mol. The number of nitrogens with zero attached hydrogens (tertiary/aromatic N) is 2. The lowest BCUT2D eigenvalue weighted by Crippen LogP contribution is -2.39. The molecule has 34 heavy (non-hydrogen) atoms. The molecule has 0 aromatic carbocycles. The maximum absolute atomic E-state index is 2.69. The lowest BCUT2D eigenvalue weighted by Gasteiger charge is -2.33. The van der Waals surface area contributed by atoms with Crippen molar-refractivity contribution in [1.29, 1.82) is 0 Å². The standard InChI is InChI=1S/C32H64N2/c1-4-7-10-13-16-17-18-20-23-26-29-34-31-30-33(28-25-22-15-12-9-6-3)32(34)27-24-21-19-14-11-8-5-2/h30-32H,4-29H2,1-3H3. The number of hydrogen-bond donors (Lipinski definition) is 0. The number of rotatable bonds is 26. The summed E-state index contributed by atoms with van der Waals surface area (Å²) in [5.74, 6) is 0. The summed E-state index contributed by atoms with van der Waals surface area (Å²) < 4.78 is 0. The van der Waals surface area contributed by atoms with E-state index in [-0.39, 0.29) is 0 Å². The van der Waals surface area contributed by atoms with Crippen LogP contribution in [0.4, 0.5) is 0 Å². The van der Waals surface area contributed by atoms with E-state index < -0.39 is 0 Å². The zero-order valence-electron chi connectivity index (χ0n) is 24.0. The molecule has 1 atom stereocenters. The Morgan fingerprint density at radius 1 is 0.382 bits per heavy atom. The van der Waals surface area contributed by atoms with E-state index in [0.29, 0.717) is 6.17 Å². The van der Waals surface area contributed by atoms with Crippen LogP contribution in [0.25, 0.3) is 0 Å². The van der Waals surface area contributed by atoms with Crippen LogP contribution in [0.5, 0.6) is 0 Å². The summed E-state index contributed by atoms with van der Waals surface area (Å²) in [6.45, 7) is 9.46. The van der Waals surface area contributed by atoms with E-state index in [1.165, 1.54) is 167 Å². The van der Waals surface area contributed by atoms with Crippen LogP contribution < -0.4 is 0 Å². The van der Waals surface area contributed by atoms with Crippen molar-refractivity contribution in [3.8, 4) is 0 Å². The average molecular weight is 477 g/mol. The van der Waals surface area contributed by atoms with E-state index in [1.807, 2.05) is 0 Å². The summed E-state index contributed by atoms with van der Waals surface area (Å²) in [7, 11) is 0. The highest BCUT2D eigenvalue weighted by molar-refractivity contribution is 4.97. The quantitative estimate of drug-likeness (QED) is 0.114. The van der Waals surface area contributed by atoms with Gasteiger partial charge in [0.05, 0.1) is 0 Å². The van der Waals surface area contributed by atoms with Gasteiger partial charge in [-0.15, -0.1) is 0 Å². The molecule has 1 aliphatic rings. The van der Waals surface area contributed by atoms with Crippen LogP contribution in [0, 0.1) is 0 Å². The van der Waals surface area contributed by atoms with Gasteiger partial charge in [-0.05, 0) is 25.7 Å². The third-order valence-corrected chi connectivity index (χ3v) is 7.82. The first kappa shape index (κ1) is 31.4. The molecule has 1 heterocycles. The molecule has 2 heteroatoms. The molecular formula is C32H64N2. The van der Waals surface area contributed by atoms with Gasteiger partial charge in [-0.2, -0.15) is 0 Å². The van der Waals surface area contributed by atoms with E-state index >= 15 is 0 Å². The molecule has 0 radical (unpaired) electrons. The Balaban J connectivity index is 2.25. The largest absolute Gasteiger partial charge is 0.356 e. The molecular weight excluding hydrogens is 412 g/mol. The lowest BCUT2D eigenvalue weighted by molar-refractivity contribution is 0.135. The summed E-state index contributed by atoms with van der Waals surface area (Å²) in [6.07, 6.45) is 39.5. The maximum atomic E-state index is 2.69. The van der Waals surface area contributed by atoms with Gasteiger partial charge in [0, 0.05) is 25.5 Å². The van der Waals surface area contributed by atoms with Crippen molar-refractivity contribution in [1.82, 2.24) is 9.80 Å². The van der Waals surface area contributed by atoms with Gasteiger partial charge >= 0.3 is 0 Å². The van der Waals surface area contributed by atoms with Crippen LogP contribution in [0.3, 0.4) is 0 Å². The van der Waals surface area contributed by atoms with Crippen molar-refractivity contribution in [3.05, 3.63) is 12.4 Å². The lowest BCUT2D eigenvalue weighted by atomic mass is 10.1. The molecule has 1 rings (SSSR count). The second-order valence-electron chi connectivity index (χ2n) is 11.1. The van der Waals surface area contributed by atoms with Gasteiger partial charge in [0.25, 0.3) is 0 Å². The molecule has 0 aromatic rings. The van der Waals surface area contributed by atoms with Crippen molar-refractivity contribution < 1.29 is 0 Å². The van der Waals surface area contributed by atoms with Crippen LogP contribution in [-0.2, 0) is 0 Å². The average Bonchev–Trinajstić information content (AvgIpc) is 3.23. The third-order valence-electron chi connectivity index (χ3n) is 7.82. The number of unbranched alkanes of at least 4 members (excludes halogenated alkanes) is 20. The van der Waals surface area contributed by atoms with E-state index in [1.54, 1.807) is 0 Å². The summed E-state index contributed by atoms with van der Waals surface area (Å²) >= 11 is 0. The van der Waals surface area contributed by atoms with Crippen LogP contribution in [0.2, 0.25) is 0 Å². The minimum atomic E-state index is 0.643. The molecule has 0 amide bonds. The van der Waals surface area contributed by atoms with Crippen molar-refractivity contribution >= 4 is 0 Å². The van der Waals surface area contributed by atoms with Gasteiger partial charge < -0.3 is 9.80 Å².